The summed E-state index contributed by atoms with van der Waals surface area (Å²) in [7, 11) is 0. The second kappa shape index (κ2) is 13.1. The highest BCUT2D eigenvalue weighted by Crippen LogP contribution is 2.07. The lowest BCUT2D eigenvalue weighted by Gasteiger charge is -1.97. The first-order valence-electron chi connectivity index (χ1n) is 6.91. The van der Waals surface area contributed by atoms with Crippen LogP contribution in [0.15, 0.2) is 12.2 Å². The average Bonchev–Trinajstić information content (AvgIpc) is 2.32. The topological polar surface area (TPSA) is 34.1 Å². The molecule has 0 saturated heterocycles. The molecule has 0 amide bonds. The van der Waals surface area contributed by atoms with Gasteiger partial charge in [0.1, 0.15) is 12.1 Å². The van der Waals surface area contributed by atoms with Crippen molar-refractivity contribution in [2.24, 2.45) is 0 Å². The van der Waals surface area contributed by atoms with Crippen molar-refractivity contribution < 1.29 is 9.59 Å². The predicted octanol–water partition coefficient (Wildman–Crippen LogP) is 4.23. The van der Waals surface area contributed by atoms with Gasteiger partial charge in [0.05, 0.1) is 6.42 Å². The zero-order chi connectivity index (χ0) is 12.8. The molecule has 0 aromatic heterocycles. The number of unbranched alkanes of at least 4 members (excludes halogenated alkanes) is 6. The summed E-state index contributed by atoms with van der Waals surface area (Å²) in [5.41, 5.74) is 0. The second-order valence-electron chi connectivity index (χ2n) is 4.48. The maximum Gasteiger partial charge on any atom is 0.140 e. The molecule has 0 aliphatic heterocycles. The quantitative estimate of drug-likeness (QED) is 0.221. The Kier molecular flexibility index (Phi) is 12.4. The largest absolute Gasteiger partial charge is 0.303 e. The molecule has 0 spiro atoms. The Morgan fingerprint density at radius 3 is 2.29 bits per heavy atom. The van der Waals surface area contributed by atoms with Crippen LogP contribution in [0.25, 0.3) is 0 Å². The predicted molar refractivity (Wildman–Crippen MR) is 72.1 cm³/mol. The number of rotatable bonds is 12. The molecule has 0 fully saturated rings. The minimum atomic E-state index is 0.0456. The van der Waals surface area contributed by atoms with Crippen molar-refractivity contribution in [1.29, 1.82) is 0 Å². The molecule has 0 unspecified atom stereocenters. The van der Waals surface area contributed by atoms with Gasteiger partial charge in [-0.05, 0) is 19.3 Å². The van der Waals surface area contributed by atoms with Crippen molar-refractivity contribution >= 4 is 12.1 Å². The maximum atomic E-state index is 11.0. The maximum absolute atomic E-state index is 11.0. The number of hydrogen-bond donors (Lipinski definition) is 0. The number of ketones is 1. The molecular formula is C15H26O2. The summed E-state index contributed by atoms with van der Waals surface area (Å²) in [6, 6.07) is 0. The van der Waals surface area contributed by atoms with Gasteiger partial charge < -0.3 is 4.79 Å². The number of aldehydes is 1. The summed E-state index contributed by atoms with van der Waals surface area (Å²) in [6.07, 6.45) is 15.3. The number of Topliss-reactive ketones (excluding diaryl/α,β-unsaturated/α-hetero) is 1. The van der Waals surface area contributed by atoms with E-state index in [0.717, 1.165) is 12.8 Å². The standard InChI is InChI=1S/C15H26O2/c1-2-3-4-5-6-7-8-9-10-11-12-15(17)13-14-16/h9-10,14H,2-8,11-13H2,1H3. The zero-order valence-electron chi connectivity index (χ0n) is 11.1. The monoisotopic (exact) mass is 238 g/mol. The van der Waals surface area contributed by atoms with Gasteiger partial charge in [0.15, 0.2) is 0 Å². The highest BCUT2D eigenvalue weighted by Gasteiger charge is 1.97. The van der Waals surface area contributed by atoms with Gasteiger partial charge >= 0.3 is 0 Å². The normalized spacial score (nSPS) is 10.9. The van der Waals surface area contributed by atoms with Crippen molar-refractivity contribution in [3.05, 3.63) is 12.2 Å². The van der Waals surface area contributed by atoms with E-state index in [9.17, 15) is 9.59 Å². The number of carbonyl (C=O) groups is 2. The average molecular weight is 238 g/mol. The number of allylic oxidation sites excluding steroid dienone is 2. The summed E-state index contributed by atoms with van der Waals surface area (Å²) in [5.74, 6) is 0.0456. The van der Waals surface area contributed by atoms with E-state index in [2.05, 4.69) is 19.1 Å². The molecule has 2 heteroatoms. The van der Waals surface area contributed by atoms with E-state index in [1.807, 2.05) is 0 Å². The fourth-order valence-corrected chi connectivity index (χ4v) is 1.72. The van der Waals surface area contributed by atoms with Gasteiger partial charge in [0.2, 0.25) is 0 Å². The van der Waals surface area contributed by atoms with E-state index < -0.39 is 0 Å². The molecular weight excluding hydrogens is 212 g/mol. The van der Waals surface area contributed by atoms with Crippen LogP contribution >= 0.6 is 0 Å². The van der Waals surface area contributed by atoms with Gasteiger partial charge in [0, 0.05) is 6.42 Å². The molecule has 17 heavy (non-hydrogen) atoms. The van der Waals surface area contributed by atoms with Crippen LogP contribution in [-0.2, 0) is 9.59 Å². The van der Waals surface area contributed by atoms with E-state index in [-0.39, 0.29) is 12.2 Å². The molecule has 98 valence electrons. The van der Waals surface area contributed by atoms with E-state index in [1.54, 1.807) is 0 Å². The number of hydrogen-bond acceptors (Lipinski definition) is 2. The van der Waals surface area contributed by atoms with Crippen LogP contribution in [0.1, 0.15) is 71.1 Å². The third-order valence-electron chi connectivity index (χ3n) is 2.79. The van der Waals surface area contributed by atoms with E-state index in [1.165, 1.54) is 38.5 Å². The van der Waals surface area contributed by atoms with Crippen molar-refractivity contribution in [2.75, 3.05) is 0 Å². The van der Waals surface area contributed by atoms with Gasteiger partial charge in [-0.1, -0.05) is 51.2 Å². The molecule has 2 nitrogen and oxygen atoms in total. The molecule has 0 saturated carbocycles. The third-order valence-corrected chi connectivity index (χ3v) is 2.79. The third kappa shape index (κ3) is 13.0. The molecule has 0 heterocycles. The van der Waals surface area contributed by atoms with Crippen LogP contribution in [0, 0.1) is 0 Å². The first-order valence-corrected chi connectivity index (χ1v) is 6.91. The molecule has 0 aliphatic carbocycles. The Balaban J connectivity index is 3.19. The van der Waals surface area contributed by atoms with Crippen LogP contribution < -0.4 is 0 Å². The first kappa shape index (κ1) is 16.1. The van der Waals surface area contributed by atoms with Gasteiger partial charge in [0.25, 0.3) is 0 Å². The second-order valence-corrected chi connectivity index (χ2v) is 4.48. The van der Waals surface area contributed by atoms with Gasteiger partial charge in [-0.15, -0.1) is 0 Å². The molecule has 0 radical (unpaired) electrons. The van der Waals surface area contributed by atoms with Crippen LogP contribution in [0.4, 0.5) is 0 Å². The molecule has 0 aromatic carbocycles. The Morgan fingerprint density at radius 2 is 1.59 bits per heavy atom. The lowest BCUT2D eigenvalue weighted by atomic mass is 10.1. The Bertz CT molecular complexity index is 219. The molecule has 0 aromatic rings. The summed E-state index contributed by atoms with van der Waals surface area (Å²) >= 11 is 0. The fourth-order valence-electron chi connectivity index (χ4n) is 1.72. The molecule has 0 aliphatic rings. The van der Waals surface area contributed by atoms with E-state index in [0.29, 0.717) is 12.7 Å². The highest BCUT2D eigenvalue weighted by atomic mass is 16.1. The summed E-state index contributed by atoms with van der Waals surface area (Å²) in [5, 5.41) is 0. The van der Waals surface area contributed by atoms with Crippen LogP contribution in [0.3, 0.4) is 0 Å². The molecule has 0 rings (SSSR count). The highest BCUT2D eigenvalue weighted by molar-refractivity contribution is 5.89. The Morgan fingerprint density at radius 1 is 0.941 bits per heavy atom. The van der Waals surface area contributed by atoms with Crippen molar-refractivity contribution in [1.82, 2.24) is 0 Å². The summed E-state index contributed by atoms with van der Waals surface area (Å²) < 4.78 is 0. The van der Waals surface area contributed by atoms with Gasteiger partial charge in [-0.3, -0.25) is 4.79 Å². The van der Waals surface area contributed by atoms with Crippen molar-refractivity contribution in [2.45, 2.75) is 71.1 Å². The van der Waals surface area contributed by atoms with Crippen LogP contribution in [-0.4, -0.2) is 12.1 Å². The zero-order valence-corrected chi connectivity index (χ0v) is 11.1. The Labute approximate surface area is 105 Å². The minimum Gasteiger partial charge on any atom is -0.303 e. The van der Waals surface area contributed by atoms with E-state index in [4.69, 9.17) is 0 Å². The van der Waals surface area contributed by atoms with Gasteiger partial charge in [-0.25, -0.2) is 0 Å². The molecule has 0 N–H and O–H groups in total. The first-order chi connectivity index (χ1) is 8.31. The van der Waals surface area contributed by atoms with Crippen LogP contribution in [0.5, 0.6) is 0 Å². The molecule has 0 bridgehead atoms. The lowest BCUT2D eigenvalue weighted by Crippen LogP contribution is -1.96. The SMILES string of the molecule is CCCCCCCCC=CCCC(=O)CC=O. The van der Waals surface area contributed by atoms with Crippen LogP contribution in [0.2, 0.25) is 0 Å². The number of carbonyl (C=O) groups excluding carboxylic acids is 2. The van der Waals surface area contributed by atoms with Gasteiger partial charge in [-0.2, -0.15) is 0 Å². The minimum absolute atomic E-state index is 0.0456. The van der Waals surface area contributed by atoms with E-state index >= 15 is 0 Å². The van der Waals surface area contributed by atoms with Crippen molar-refractivity contribution in [3.8, 4) is 0 Å². The lowest BCUT2D eigenvalue weighted by molar-refractivity contribution is -0.122. The summed E-state index contributed by atoms with van der Waals surface area (Å²) in [6.45, 7) is 2.23. The smallest absolute Gasteiger partial charge is 0.140 e. The molecule has 0 atom stereocenters. The fraction of sp³-hybridized carbons (Fsp3) is 0.733. The Hall–Kier alpha value is -0.920. The van der Waals surface area contributed by atoms with Crippen molar-refractivity contribution in [3.63, 3.8) is 0 Å². The summed E-state index contributed by atoms with van der Waals surface area (Å²) in [4.78, 5) is 21.1.